The maximum atomic E-state index is 17.5. The van der Waals surface area contributed by atoms with Gasteiger partial charge in [-0.25, -0.2) is 18.3 Å². The number of nitrogens with zero attached hydrogens (tertiary/aromatic N) is 7. The van der Waals surface area contributed by atoms with Gasteiger partial charge in [-0.1, -0.05) is 24.3 Å². The van der Waals surface area contributed by atoms with Crippen molar-refractivity contribution in [2.75, 3.05) is 44.3 Å². The first-order chi connectivity index (χ1) is 26.4. The lowest BCUT2D eigenvalue weighted by Gasteiger charge is -2.42. The summed E-state index contributed by atoms with van der Waals surface area (Å²) in [6, 6.07) is 7.59. The number of ether oxygens (including phenoxy) is 3. The summed E-state index contributed by atoms with van der Waals surface area (Å²) < 4.78 is 52.5. The van der Waals surface area contributed by atoms with Gasteiger partial charge >= 0.3 is 12.1 Å². The van der Waals surface area contributed by atoms with Crippen LogP contribution in [0.25, 0.3) is 38.5 Å². The largest absolute Gasteiger partial charge is 0.461 e. The van der Waals surface area contributed by atoms with Crippen LogP contribution in [0.15, 0.2) is 37.0 Å². The molecule has 0 saturated carbocycles. The molecule has 55 heavy (non-hydrogen) atoms. The van der Waals surface area contributed by atoms with Crippen molar-refractivity contribution < 1.29 is 27.8 Å². The van der Waals surface area contributed by atoms with Gasteiger partial charge in [0.1, 0.15) is 29.7 Å². The topological polar surface area (TPSA) is 98.1 Å². The van der Waals surface area contributed by atoms with Crippen molar-refractivity contribution in [3.63, 3.8) is 0 Å². The lowest BCUT2D eigenvalue weighted by molar-refractivity contribution is -0.0366. The van der Waals surface area contributed by atoms with Gasteiger partial charge in [0.2, 0.25) is 0 Å². The molecule has 292 valence electrons. The van der Waals surface area contributed by atoms with Gasteiger partial charge in [0, 0.05) is 54.6 Å². The van der Waals surface area contributed by atoms with Crippen molar-refractivity contribution in [1.29, 1.82) is 0 Å². The van der Waals surface area contributed by atoms with Crippen molar-refractivity contribution in [1.82, 2.24) is 29.5 Å². The summed E-state index contributed by atoms with van der Waals surface area (Å²) in [4.78, 5) is 29.3. The van der Waals surface area contributed by atoms with E-state index in [1.807, 2.05) is 61.5 Å². The lowest BCUT2D eigenvalue weighted by Crippen LogP contribution is -2.57. The van der Waals surface area contributed by atoms with Crippen molar-refractivity contribution in [3.8, 4) is 17.1 Å². The molecule has 2 bridgehead atoms. The number of piperazine rings is 1. The average molecular weight is 756 g/mol. The Balaban J connectivity index is 1.14. The van der Waals surface area contributed by atoms with E-state index in [0.29, 0.717) is 55.0 Å². The van der Waals surface area contributed by atoms with Crippen molar-refractivity contribution in [3.05, 3.63) is 48.4 Å². The van der Waals surface area contributed by atoms with Crippen LogP contribution in [0.3, 0.4) is 0 Å². The first kappa shape index (κ1) is 36.3. The first-order valence-electron chi connectivity index (χ1n) is 20.0. The highest BCUT2D eigenvalue weighted by Crippen LogP contribution is 2.44. The first-order valence-corrected chi connectivity index (χ1v) is 20.0. The van der Waals surface area contributed by atoms with E-state index in [0.717, 1.165) is 73.5 Å². The molecule has 5 atom stereocenters. The summed E-state index contributed by atoms with van der Waals surface area (Å²) >= 11 is 0. The molecule has 1 amide bonds. The minimum absolute atomic E-state index is 0.0598. The van der Waals surface area contributed by atoms with E-state index in [1.54, 1.807) is 6.20 Å². The summed E-state index contributed by atoms with van der Waals surface area (Å²) in [7, 11) is 0. The fraction of sp³-hybridized carbons (Fsp3) is 0.571. The Morgan fingerprint density at radius 3 is 2.56 bits per heavy atom. The van der Waals surface area contributed by atoms with E-state index in [9.17, 15) is 9.18 Å². The zero-order valence-corrected chi connectivity index (χ0v) is 32.3. The van der Waals surface area contributed by atoms with E-state index >= 15 is 4.39 Å². The van der Waals surface area contributed by atoms with E-state index in [2.05, 4.69) is 16.4 Å². The predicted molar refractivity (Wildman–Crippen MR) is 207 cm³/mol. The third-order valence-electron chi connectivity index (χ3n) is 12.3. The van der Waals surface area contributed by atoms with Crippen LogP contribution in [-0.4, -0.2) is 104 Å². The predicted octanol–water partition coefficient (Wildman–Crippen LogP) is 8.06. The summed E-state index contributed by atoms with van der Waals surface area (Å²) in [6.45, 7) is 14.9. The van der Waals surface area contributed by atoms with E-state index in [4.69, 9.17) is 29.3 Å². The molecule has 5 fully saturated rings. The summed E-state index contributed by atoms with van der Waals surface area (Å²) in [5.74, 6) is 0.0609. The molecule has 9 rings (SSSR count). The Kier molecular flexibility index (Phi) is 9.03. The van der Waals surface area contributed by atoms with Crippen LogP contribution < -0.4 is 9.64 Å². The van der Waals surface area contributed by atoms with Crippen molar-refractivity contribution in [2.24, 2.45) is 0 Å². The van der Waals surface area contributed by atoms with Gasteiger partial charge in [-0.3, -0.25) is 9.80 Å². The van der Waals surface area contributed by atoms with Crippen LogP contribution >= 0.6 is 0 Å². The Labute approximate surface area is 320 Å². The molecule has 0 N–H and O–H groups in total. The van der Waals surface area contributed by atoms with Gasteiger partial charge in [-0.05, 0) is 96.9 Å². The number of halogens is 2. The second-order valence-corrected chi connectivity index (χ2v) is 17.3. The zero-order chi connectivity index (χ0) is 38.2. The van der Waals surface area contributed by atoms with Gasteiger partial charge in [-0.2, -0.15) is 15.1 Å². The Bertz CT molecular complexity index is 2150. The van der Waals surface area contributed by atoms with Gasteiger partial charge in [-0.15, -0.1) is 0 Å². The molecule has 0 aliphatic carbocycles. The highest BCUT2D eigenvalue weighted by molar-refractivity contribution is 6.03. The standard InChI is InChI=1S/C42H51F2N7O4/c1-25(2)29-14-15-33-32(20-45-51(33)34-9-6-7-18-53-34)35(29)30-12-13-31-37(36(30)44)46-39(54-24-42-16-8-17-49(42)21-26(43)19-42)47-38(31)48-22-27-10-11-28(23-48)50(27)40(52)55-41(3,4)5/h12-15,20,26-28,34H,1,6-11,16-19,21-24H2,2-5H3/t26-,27-,28+,34?,42+/m1/s1. The number of aromatic nitrogens is 4. The number of allylic oxidation sites excluding steroid dienone is 1. The summed E-state index contributed by atoms with van der Waals surface area (Å²) in [5, 5.41) is 6.11. The van der Waals surface area contributed by atoms with E-state index in [1.165, 1.54) is 0 Å². The number of amides is 1. The number of fused-ring (bicyclic) bond motifs is 5. The number of alkyl halides is 1. The number of hydrogen-bond acceptors (Lipinski definition) is 9. The van der Waals surface area contributed by atoms with Gasteiger partial charge in [0.25, 0.3) is 0 Å². The Morgan fingerprint density at radius 1 is 1.04 bits per heavy atom. The molecular formula is C42H51F2N7O4. The molecular weight excluding hydrogens is 705 g/mol. The minimum Gasteiger partial charge on any atom is -0.461 e. The number of carbonyl (C=O) groups is 1. The minimum atomic E-state index is -0.909. The van der Waals surface area contributed by atoms with Crippen LogP contribution in [0.1, 0.15) is 90.9 Å². The van der Waals surface area contributed by atoms with Crippen LogP contribution in [0.5, 0.6) is 6.01 Å². The number of hydrogen-bond donors (Lipinski definition) is 0. The highest BCUT2D eigenvalue weighted by atomic mass is 19.1. The molecule has 13 heteroatoms. The number of anilines is 1. The quantitative estimate of drug-likeness (QED) is 0.186. The SMILES string of the molecule is C=C(C)c1ccc2c(cnn2C2CCCCO2)c1-c1ccc2c(N3C[C@H]4CC[C@@H](C3)N4C(=O)OC(C)(C)C)nc(OC[C@@]34CCCN3C[C@H](F)C4)nc2c1F. The van der Waals surface area contributed by atoms with Crippen molar-refractivity contribution >= 4 is 39.3 Å². The Morgan fingerprint density at radius 2 is 1.84 bits per heavy atom. The molecule has 4 aromatic rings. The second-order valence-electron chi connectivity index (χ2n) is 17.3. The number of rotatable bonds is 7. The highest BCUT2D eigenvalue weighted by Gasteiger charge is 2.50. The molecule has 5 aliphatic heterocycles. The van der Waals surface area contributed by atoms with Crippen LogP contribution in [-0.2, 0) is 9.47 Å². The van der Waals surface area contributed by atoms with E-state index in [-0.39, 0.29) is 42.5 Å². The monoisotopic (exact) mass is 755 g/mol. The third-order valence-corrected chi connectivity index (χ3v) is 12.3. The van der Waals surface area contributed by atoms with Gasteiger partial charge < -0.3 is 19.1 Å². The molecule has 7 heterocycles. The van der Waals surface area contributed by atoms with Crippen LogP contribution in [0, 0.1) is 5.82 Å². The molecule has 5 aliphatic rings. The Hall–Kier alpha value is -4.36. The average Bonchev–Trinajstić information content (AvgIpc) is 3.89. The van der Waals surface area contributed by atoms with Crippen LogP contribution in [0.4, 0.5) is 19.4 Å². The van der Waals surface area contributed by atoms with Crippen LogP contribution in [0.2, 0.25) is 0 Å². The third kappa shape index (κ3) is 6.40. The number of carbonyl (C=O) groups excluding carboxylic acids is 1. The van der Waals surface area contributed by atoms with Gasteiger partial charge in [0.05, 0.1) is 29.3 Å². The maximum Gasteiger partial charge on any atom is 0.410 e. The molecule has 11 nitrogen and oxygen atoms in total. The summed E-state index contributed by atoms with van der Waals surface area (Å²) in [5.41, 5.74) is 2.66. The lowest BCUT2D eigenvalue weighted by atomic mass is 9.91. The fourth-order valence-corrected chi connectivity index (χ4v) is 9.87. The number of benzene rings is 2. The molecule has 0 spiro atoms. The molecule has 0 radical (unpaired) electrons. The normalized spacial score (nSPS) is 26.9. The second kappa shape index (κ2) is 13.7. The maximum absolute atomic E-state index is 17.5. The molecule has 2 aromatic carbocycles. The molecule has 2 aromatic heterocycles. The zero-order valence-electron chi connectivity index (χ0n) is 32.3. The van der Waals surface area contributed by atoms with Crippen molar-refractivity contribution in [2.45, 2.75) is 115 Å². The van der Waals surface area contributed by atoms with E-state index < -0.39 is 23.1 Å². The fourth-order valence-electron chi connectivity index (χ4n) is 9.87. The summed E-state index contributed by atoms with van der Waals surface area (Å²) in [6.07, 6.45) is 7.21. The smallest absolute Gasteiger partial charge is 0.410 e. The molecule has 1 unspecified atom stereocenters. The molecule has 5 saturated heterocycles. The van der Waals surface area contributed by atoms with Gasteiger partial charge in [0.15, 0.2) is 12.0 Å².